The van der Waals surface area contributed by atoms with Crippen molar-refractivity contribution < 1.29 is 4.42 Å². The zero-order valence-electron chi connectivity index (χ0n) is 17.2. The molecule has 0 bridgehead atoms. The molecule has 1 heterocycles. The normalized spacial score (nSPS) is 11.4. The van der Waals surface area contributed by atoms with E-state index in [1.165, 1.54) is 16.3 Å². The summed E-state index contributed by atoms with van der Waals surface area (Å²) in [5.74, 6) is 0. The Balaban J connectivity index is 1.63. The lowest BCUT2D eigenvalue weighted by molar-refractivity contribution is 0.672. The van der Waals surface area contributed by atoms with Crippen LogP contribution < -0.4 is 4.90 Å². The van der Waals surface area contributed by atoms with Crippen molar-refractivity contribution in [2.45, 2.75) is 6.92 Å². The number of fused-ring (bicyclic) bond motifs is 5. The van der Waals surface area contributed by atoms with Crippen LogP contribution >= 0.6 is 0 Å². The number of para-hydroxylation sites is 2. The molecular formula is C29H21NO. The van der Waals surface area contributed by atoms with Crippen LogP contribution in [0.25, 0.3) is 32.7 Å². The van der Waals surface area contributed by atoms with Crippen LogP contribution in [0.2, 0.25) is 0 Å². The number of benzene rings is 5. The number of rotatable bonds is 3. The SMILES string of the molecule is Cc1cc2ccccc2c2oc3ccc(N(c4ccccc4)c4ccccc4)cc3c12. The summed E-state index contributed by atoms with van der Waals surface area (Å²) in [6, 6.07) is 38.2. The highest BCUT2D eigenvalue weighted by Crippen LogP contribution is 2.41. The van der Waals surface area contributed by atoms with Gasteiger partial charge in [0.2, 0.25) is 0 Å². The van der Waals surface area contributed by atoms with E-state index >= 15 is 0 Å². The minimum Gasteiger partial charge on any atom is -0.455 e. The number of hydrogen-bond donors (Lipinski definition) is 0. The van der Waals surface area contributed by atoms with Crippen LogP contribution in [0.4, 0.5) is 17.1 Å². The summed E-state index contributed by atoms with van der Waals surface area (Å²) < 4.78 is 6.37. The molecule has 0 aliphatic rings. The maximum absolute atomic E-state index is 6.37. The van der Waals surface area contributed by atoms with Crippen molar-refractivity contribution in [1.29, 1.82) is 0 Å². The van der Waals surface area contributed by atoms with Gasteiger partial charge in [0.25, 0.3) is 0 Å². The second-order valence-electron chi connectivity index (χ2n) is 7.91. The third kappa shape index (κ3) is 2.88. The first-order chi connectivity index (χ1) is 15.3. The van der Waals surface area contributed by atoms with Crippen LogP contribution in [0.15, 0.2) is 114 Å². The maximum Gasteiger partial charge on any atom is 0.143 e. The Kier molecular flexibility index (Phi) is 4.03. The van der Waals surface area contributed by atoms with E-state index in [2.05, 4.69) is 109 Å². The lowest BCUT2D eigenvalue weighted by Crippen LogP contribution is -2.09. The fraction of sp³-hybridized carbons (Fsp3) is 0.0345. The van der Waals surface area contributed by atoms with Crippen LogP contribution in [0.5, 0.6) is 0 Å². The lowest BCUT2D eigenvalue weighted by Gasteiger charge is -2.25. The van der Waals surface area contributed by atoms with Gasteiger partial charge in [0.1, 0.15) is 11.2 Å². The van der Waals surface area contributed by atoms with Crippen LogP contribution in [-0.4, -0.2) is 0 Å². The van der Waals surface area contributed by atoms with Gasteiger partial charge in [0.05, 0.1) is 0 Å². The molecule has 31 heavy (non-hydrogen) atoms. The molecule has 1 aromatic heterocycles. The van der Waals surface area contributed by atoms with Crippen molar-refractivity contribution in [1.82, 2.24) is 0 Å². The molecule has 0 fully saturated rings. The molecule has 0 saturated heterocycles. The quantitative estimate of drug-likeness (QED) is 0.296. The first-order valence-electron chi connectivity index (χ1n) is 10.5. The van der Waals surface area contributed by atoms with E-state index in [9.17, 15) is 0 Å². The minimum absolute atomic E-state index is 0.916. The molecular weight excluding hydrogens is 378 g/mol. The Labute approximate surface area is 181 Å². The number of aryl methyl sites for hydroxylation is 1. The zero-order valence-corrected chi connectivity index (χ0v) is 17.2. The minimum atomic E-state index is 0.916. The van der Waals surface area contributed by atoms with Gasteiger partial charge >= 0.3 is 0 Å². The predicted molar refractivity (Wildman–Crippen MR) is 131 cm³/mol. The number of furan rings is 1. The average molecular weight is 399 g/mol. The Bertz CT molecular complexity index is 1490. The number of nitrogens with zero attached hydrogens (tertiary/aromatic N) is 1. The lowest BCUT2D eigenvalue weighted by atomic mass is 10.0. The third-order valence-electron chi connectivity index (χ3n) is 5.93. The first-order valence-corrected chi connectivity index (χ1v) is 10.5. The molecule has 0 spiro atoms. The molecule has 0 amide bonds. The van der Waals surface area contributed by atoms with Gasteiger partial charge in [-0.1, -0.05) is 66.7 Å². The second-order valence-corrected chi connectivity index (χ2v) is 7.91. The molecule has 148 valence electrons. The number of hydrogen-bond acceptors (Lipinski definition) is 2. The van der Waals surface area contributed by atoms with Crippen molar-refractivity contribution in [3.05, 3.63) is 115 Å². The van der Waals surface area contributed by atoms with Crippen LogP contribution in [0, 0.1) is 6.92 Å². The molecule has 6 rings (SSSR count). The van der Waals surface area contributed by atoms with Gasteiger partial charge < -0.3 is 9.32 Å². The summed E-state index contributed by atoms with van der Waals surface area (Å²) >= 11 is 0. The zero-order chi connectivity index (χ0) is 20.8. The van der Waals surface area contributed by atoms with Gasteiger partial charge in [-0.2, -0.15) is 0 Å². The van der Waals surface area contributed by atoms with Crippen molar-refractivity contribution in [2.24, 2.45) is 0 Å². The van der Waals surface area contributed by atoms with Crippen molar-refractivity contribution in [3.63, 3.8) is 0 Å². The Morgan fingerprint density at radius 2 is 1.23 bits per heavy atom. The van der Waals surface area contributed by atoms with E-state index in [0.717, 1.165) is 39.0 Å². The highest BCUT2D eigenvalue weighted by molar-refractivity contribution is 6.17. The first kappa shape index (κ1) is 17.8. The maximum atomic E-state index is 6.37. The van der Waals surface area contributed by atoms with E-state index in [4.69, 9.17) is 4.42 Å². The fourth-order valence-electron chi connectivity index (χ4n) is 4.54. The van der Waals surface area contributed by atoms with Crippen molar-refractivity contribution in [2.75, 3.05) is 4.90 Å². The third-order valence-corrected chi connectivity index (χ3v) is 5.93. The second kappa shape index (κ2) is 7.03. The van der Waals surface area contributed by atoms with Gasteiger partial charge in [-0.15, -0.1) is 0 Å². The van der Waals surface area contributed by atoms with Gasteiger partial charge in [0, 0.05) is 33.2 Å². The van der Waals surface area contributed by atoms with Crippen LogP contribution in [0.3, 0.4) is 0 Å². The molecule has 6 aromatic rings. The Morgan fingerprint density at radius 3 is 1.94 bits per heavy atom. The van der Waals surface area contributed by atoms with Gasteiger partial charge in [0.15, 0.2) is 0 Å². The smallest absolute Gasteiger partial charge is 0.143 e. The Morgan fingerprint density at radius 1 is 0.581 bits per heavy atom. The van der Waals surface area contributed by atoms with E-state index < -0.39 is 0 Å². The molecule has 0 radical (unpaired) electrons. The Hall–Kier alpha value is -4.04. The molecule has 2 heteroatoms. The molecule has 5 aromatic carbocycles. The summed E-state index contributed by atoms with van der Waals surface area (Å²) in [6.45, 7) is 2.17. The number of anilines is 3. The van der Waals surface area contributed by atoms with Gasteiger partial charge in [-0.05, 0) is 60.3 Å². The fourth-order valence-corrected chi connectivity index (χ4v) is 4.54. The molecule has 0 aliphatic heterocycles. The highest BCUT2D eigenvalue weighted by Gasteiger charge is 2.17. The largest absolute Gasteiger partial charge is 0.455 e. The molecule has 0 aliphatic carbocycles. The van der Waals surface area contributed by atoms with Gasteiger partial charge in [-0.25, -0.2) is 0 Å². The van der Waals surface area contributed by atoms with Crippen molar-refractivity contribution in [3.8, 4) is 0 Å². The summed E-state index contributed by atoms with van der Waals surface area (Å²) in [6.07, 6.45) is 0. The van der Waals surface area contributed by atoms with E-state index in [0.29, 0.717) is 0 Å². The van der Waals surface area contributed by atoms with E-state index in [-0.39, 0.29) is 0 Å². The monoisotopic (exact) mass is 399 g/mol. The molecule has 0 saturated carbocycles. The summed E-state index contributed by atoms with van der Waals surface area (Å²) in [5, 5.41) is 4.70. The molecule has 0 N–H and O–H groups in total. The molecule has 0 unspecified atom stereocenters. The van der Waals surface area contributed by atoms with Gasteiger partial charge in [-0.3, -0.25) is 0 Å². The van der Waals surface area contributed by atoms with E-state index in [1.54, 1.807) is 0 Å². The highest BCUT2D eigenvalue weighted by atomic mass is 16.3. The predicted octanol–water partition coefficient (Wildman–Crippen LogP) is 8.52. The molecule has 2 nitrogen and oxygen atoms in total. The molecule has 0 atom stereocenters. The summed E-state index contributed by atoms with van der Waals surface area (Å²) in [5.41, 5.74) is 6.48. The summed E-state index contributed by atoms with van der Waals surface area (Å²) in [7, 11) is 0. The average Bonchev–Trinajstić information content (AvgIpc) is 3.21. The summed E-state index contributed by atoms with van der Waals surface area (Å²) in [4.78, 5) is 2.29. The van der Waals surface area contributed by atoms with Crippen LogP contribution in [0.1, 0.15) is 5.56 Å². The standard InChI is InChI=1S/C29H21NO/c1-20-18-21-10-8-9-15-25(21)29-28(20)26-19-24(16-17-27(26)31-29)30(22-11-4-2-5-12-22)23-13-6-3-7-14-23/h2-19H,1H3. The van der Waals surface area contributed by atoms with Crippen LogP contribution in [-0.2, 0) is 0 Å². The van der Waals surface area contributed by atoms with Crippen molar-refractivity contribution >= 4 is 49.8 Å². The van der Waals surface area contributed by atoms with E-state index in [1.807, 2.05) is 12.1 Å². The topological polar surface area (TPSA) is 16.4 Å².